The highest BCUT2D eigenvalue weighted by atomic mass is 19.1. The van der Waals surface area contributed by atoms with E-state index in [0.29, 0.717) is 12.0 Å². The molecule has 0 fully saturated rings. The normalized spacial score (nSPS) is 12.9. The predicted octanol–water partition coefficient (Wildman–Crippen LogP) is 2.09. The zero-order valence-electron chi connectivity index (χ0n) is 15.8. The van der Waals surface area contributed by atoms with Crippen molar-refractivity contribution in [3.63, 3.8) is 0 Å². The van der Waals surface area contributed by atoms with Crippen molar-refractivity contribution in [1.82, 2.24) is 5.32 Å². The lowest BCUT2D eigenvalue weighted by atomic mass is 9.99. The van der Waals surface area contributed by atoms with Crippen LogP contribution in [0.15, 0.2) is 24.3 Å². The van der Waals surface area contributed by atoms with Crippen LogP contribution in [-0.2, 0) is 23.9 Å². The van der Waals surface area contributed by atoms with Crippen molar-refractivity contribution in [2.24, 2.45) is 5.92 Å². The van der Waals surface area contributed by atoms with E-state index in [-0.39, 0.29) is 11.7 Å². The molecular formula is C19H24FNO6. The molecule has 0 unspecified atom stereocenters. The van der Waals surface area contributed by atoms with Crippen molar-refractivity contribution in [3.8, 4) is 5.75 Å². The van der Waals surface area contributed by atoms with Crippen LogP contribution in [0.25, 0.3) is 6.08 Å². The number of carbonyl (C=O) groups is 3. The summed E-state index contributed by atoms with van der Waals surface area (Å²) in [5.41, 5.74) is 0.428. The van der Waals surface area contributed by atoms with E-state index in [9.17, 15) is 18.8 Å². The summed E-state index contributed by atoms with van der Waals surface area (Å²) in [6, 6.07) is 3.37. The van der Waals surface area contributed by atoms with E-state index >= 15 is 0 Å². The maximum Gasteiger partial charge on any atom is 0.331 e. The van der Waals surface area contributed by atoms with Crippen LogP contribution < -0.4 is 10.1 Å². The van der Waals surface area contributed by atoms with E-state index < -0.39 is 36.3 Å². The lowest BCUT2D eigenvalue weighted by molar-refractivity contribution is -0.148. The minimum absolute atomic E-state index is 0.0906. The quantitative estimate of drug-likeness (QED) is 0.520. The Labute approximate surface area is 157 Å². The van der Waals surface area contributed by atoms with E-state index in [1.54, 1.807) is 13.0 Å². The number of hydrogen-bond acceptors (Lipinski definition) is 6. The molecule has 1 aromatic rings. The fraction of sp³-hybridized carbons (Fsp3) is 0.421. The number of rotatable bonds is 9. The fourth-order valence-corrected chi connectivity index (χ4v) is 2.15. The summed E-state index contributed by atoms with van der Waals surface area (Å²) in [4.78, 5) is 35.3. The van der Waals surface area contributed by atoms with Gasteiger partial charge in [-0.2, -0.15) is 0 Å². The molecule has 0 saturated heterocycles. The van der Waals surface area contributed by atoms with Gasteiger partial charge in [-0.15, -0.1) is 0 Å². The van der Waals surface area contributed by atoms with Crippen LogP contribution in [0.1, 0.15) is 25.8 Å². The number of ether oxygens (including phenoxy) is 3. The average molecular weight is 381 g/mol. The molecule has 0 bridgehead atoms. The smallest absolute Gasteiger partial charge is 0.331 e. The lowest BCUT2D eigenvalue weighted by Gasteiger charge is -2.21. The number of hydrogen-bond donors (Lipinski definition) is 1. The summed E-state index contributed by atoms with van der Waals surface area (Å²) in [6.07, 6.45) is 3.07. The van der Waals surface area contributed by atoms with Crippen LogP contribution in [0.2, 0.25) is 0 Å². The standard InChI is InChI=1S/C19H24FNO6/c1-5-12(2)18(19(24)26-4)21-16(22)11-27-17(23)9-7-13-6-8-15(25-3)14(20)10-13/h6-10,12,18H,5,11H2,1-4H3,(H,21,22)/b9-7+/t12-,18+/m1/s1. The van der Waals surface area contributed by atoms with Crippen molar-refractivity contribution >= 4 is 23.9 Å². The van der Waals surface area contributed by atoms with Crippen LogP contribution in [0, 0.1) is 11.7 Å². The molecule has 7 nitrogen and oxygen atoms in total. The van der Waals surface area contributed by atoms with Crippen LogP contribution in [0.5, 0.6) is 5.75 Å². The number of methoxy groups -OCH3 is 2. The Kier molecular flexibility index (Phi) is 8.98. The second-order valence-corrected chi connectivity index (χ2v) is 5.79. The van der Waals surface area contributed by atoms with Crippen molar-refractivity contribution < 1.29 is 33.0 Å². The number of benzene rings is 1. The zero-order valence-corrected chi connectivity index (χ0v) is 15.8. The summed E-state index contributed by atoms with van der Waals surface area (Å²) in [5.74, 6) is -2.57. The van der Waals surface area contributed by atoms with Crippen molar-refractivity contribution in [2.45, 2.75) is 26.3 Å². The molecule has 2 atom stereocenters. The molecule has 0 radical (unpaired) electrons. The highest BCUT2D eigenvalue weighted by molar-refractivity contribution is 5.90. The number of halogens is 1. The highest BCUT2D eigenvalue weighted by Crippen LogP contribution is 2.18. The molecule has 0 aliphatic heterocycles. The van der Waals surface area contributed by atoms with Crippen molar-refractivity contribution in [3.05, 3.63) is 35.7 Å². The summed E-state index contributed by atoms with van der Waals surface area (Å²) < 4.78 is 27.9. The zero-order chi connectivity index (χ0) is 20.4. The van der Waals surface area contributed by atoms with Gasteiger partial charge >= 0.3 is 11.9 Å². The van der Waals surface area contributed by atoms with Crippen LogP contribution in [0.4, 0.5) is 4.39 Å². The van der Waals surface area contributed by atoms with Gasteiger partial charge in [0.1, 0.15) is 6.04 Å². The minimum Gasteiger partial charge on any atom is -0.494 e. The minimum atomic E-state index is -0.816. The van der Waals surface area contributed by atoms with Gasteiger partial charge in [-0.1, -0.05) is 26.3 Å². The van der Waals surface area contributed by atoms with Gasteiger partial charge in [-0.3, -0.25) is 4.79 Å². The van der Waals surface area contributed by atoms with Crippen molar-refractivity contribution in [1.29, 1.82) is 0 Å². The Balaban J connectivity index is 2.56. The Morgan fingerprint density at radius 3 is 2.52 bits per heavy atom. The maximum absolute atomic E-state index is 13.6. The summed E-state index contributed by atoms with van der Waals surface area (Å²) in [6.45, 7) is 3.12. The molecule has 0 spiro atoms. The molecule has 148 valence electrons. The van der Waals surface area contributed by atoms with Crippen molar-refractivity contribution in [2.75, 3.05) is 20.8 Å². The third kappa shape index (κ3) is 7.08. The van der Waals surface area contributed by atoms with E-state index in [1.807, 2.05) is 6.92 Å². The average Bonchev–Trinajstić information content (AvgIpc) is 2.67. The molecule has 1 amide bonds. The second-order valence-electron chi connectivity index (χ2n) is 5.79. The maximum atomic E-state index is 13.6. The van der Waals surface area contributed by atoms with Crippen LogP contribution >= 0.6 is 0 Å². The van der Waals surface area contributed by atoms with Crippen LogP contribution in [-0.4, -0.2) is 44.7 Å². The first-order valence-corrected chi connectivity index (χ1v) is 8.37. The van der Waals surface area contributed by atoms with E-state index in [4.69, 9.17) is 9.47 Å². The number of esters is 2. The van der Waals surface area contributed by atoms with E-state index in [0.717, 1.165) is 6.08 Å². The molecular weight excluding hydrogens is 357 g/mol. The van der Waals surface area contributed by atoms with Gasteiger partial charge in [0.05, 0.1) is 14.2 Å². The Bertz CT molecular complexity index is 703. The Morgan fingerprint density at radius 2 is 1.96 bits per heavy atom. The molecule has 1 N–H and O–H groups in total. The van der Waals surface area contributed by atoms with Gasteiger partial charge < -0.3 is 19.5 Å². The summed E-state index contributed by atoms with van der Waals surface area (Å²) >= 11 is 0. The van der Waals surface area contributed by atoms with Gasteiger partial charge in [-0.25, -0.2) is 14.0 Å². The summed E-state index contributed by atoms with van der Waals surface area (Å²) in [5, 5.41) is 2.49. The fourth-order valence-electron chi connectivity index (χ4n) is 2.15. The molecule has 0 heterocycles. The lowest BCUT2D eigenvalue weighted by Crippen LogP contribution is -2.47. The molecule has 0 aliphatic rings. The third-order valence-electron chi connectivity index (χ3n) is 3.92. The molecule has 0 aliphatic carbocycles. The Hall–Kier alpha value is -2.90. The first-order valence-electron chi connectivity index (χ1n) is 8.37. The summed E-state index contributed by atoms with van der Waals surface area (Å²) in [7, 11) is 2.58. The molecule has 0 aromatic heterocycles. The van der Waals surface area contributed by atoms with Gasteiger partial charge in [-0.05, 0) is 29.7 Å². The highest BCUT2D eigenvalue weighted by Gasteiger charge is 2.26. The van der Waals surface area contributed by atoms with Gasteiger partial charge in [0, 0.05) is 6.08 Å². The van der Waals surface area contributed by atoms with E-state index in [1.165, 1.54) is 32.4 Å². The third-order valence-corrected chi connectivity index (χ3v) is 3.92. The van der Waals surface area contributed by atoms with Gasteiger partial charge in [0.25, 0.3) is 5.91 Å². The number of carbonyl (C=O) groups excluding carboxylic acids is 3. The predicted molar refractivity (Wildman–Crippen MR) is 96.3 cm³/mol. The first kappa shape index (κ1) is 22.1. The van der Waals surface area contributed by atoms with E-state index in [2.05, 4.69) is 10.1 Å². The topological polar surface area (TPSA) is 90.9 Å². The second kappa shape index (κ2) is 10.9. The van der Waals surface area contributed by atoms with Gasteiger partial charge in [0.2, 0.25) is 0 Å². The molecule has 1 aromatic carbocycles. The monoisotopic (exact) mass is 381 g/mol. The number of nitrogens with one attached hydrogen (secondary N) is 1. The van der Waals surface area contributed by atoms with Gasteiger partial charge in [0.15, 0.2) is 18.2 Å². The van der Waals surface area contributed by atoms with Crippen LogP contribution in [0.3, 0.4) is 0 Å². The molecule has 0 saturated carbocycles. The number of amides is 1. The largest absolute Gasteiger partial charge is 0.494 e. The molecule has 27 heavy (non-hydrogen) atoms. The molecule has 8 heteroatoms. The first-order chi connectivity index (χ1) is 12.8. The SMILES string of the molecule is CC[C@@H](C)[C@H](NC(=O)COC(=O)/C=C/c1ccc(OC)c(F)c1)C(=O)OC. The Morgan fingerprint density at radius 1 is 1.26 bits per heavy atom. The molecule has 1 rings (SSSR count).